The lowest BCUT2D eigenvalue weighted by molar-refractivity contribution is 0.0448. The fourth-order valence-electron chi connectivity index (χ4n) is 3.48. The minimum Gasteiger partial charge on any atom is -0.489 e. The number of aliphatic hydroxyl groups is 2. The van der Waals surface area contributed by atoms with Gasteiger partial charge in [0.15, 0.2) is 0 Å². The summed E-state index contributed by atoms with van der Waals surface area (Å²) < 4.78 is 6.05. The van der Waals surface area contributed by atoms with E-state index in [0.29, 0.717) is 35.4 Å². The van der Waals surface area contributed by atoms with Gasteiger partial charge in [-0.15, -0.1) is 0 Å². The maximum absolute atomic E-state index is 11.8. The van der Waals surface area contributed by atoms with Crippen LogP contribution in [0.3, 0.4) is 0 Å². The maximum atomic E-state index is 11.8. The highest BCUT2D eigenvalue weighted by Gasteiger charge is 2.34. The Balaban J connectivity index is 1.69. The molecule has 1 atom stereocenters. The van der Waals surface area contributed by atoms with Crippen molar-refractivity contribution in [3.05, 3.63) is 39.8 Å². The summed E-state index contributed by atoms with van der Waals surface area (Å²) in [6.45, 7) is -0.273. The van der Waals surface area contributed by atoms with Crippen molar-refractivity contribution < 1.29 is 14.9 Å². The van der Waals surface area contributed by atoms with Crippen LogP contribution in [-0.4, -0.2) is 39.6 Å². The van der Waals surface area contributed by atoms with E-state index in [9.17, 15) is 9.90 Å². The smallest absolute Gasteiger partial charge is 0.255 e. The molecule has 7 heteroatoms. The van der Waals surface area contributed by atoms with Crippen LogP contribution in [0, 0.1) is 0 Å². The Morgan fingerprint density at radius 2 is 2.12 bits per heavy atom. The third-order valence-electron chi connectivity index (χ3n) is 4.90. The molecule has 0 aliphatic heterocycles. The number of benzene rings is 1. The molecular formula is C18H23ClN2O4. The van der Waals surface area contributed by atoms with E-state index in [1.807, 2.05) is 6.07 Å². The van der Waals surface area contributed by atoms with Crippen molar-refractivity contribution >= 4 is 22.4 Å². The van der Waals surface area contributed by atoms with Crippen molar-refractivity contribution in [2.45, 2.75) is 49.9 Å². The molecule has 3 rings (SSSR count). The number of aliphatic hydroxyl groups excluding tert-OH is 2. The molecule has 1 saturated carbocycles. The first-order valence-electron chi connectivity index (χ1n) is 8.46. The largest absolute Gasteiger partial charge is 0.489 e. The first kappa shape index (κ1) is 18.2. The maximum Gasteiger partial charge on any atom is 0.255 e. The molecule has 0 bridgehead atoms. The van der Waals surface area contributed by atoms with Crippen LogP contribution in [0.15, 0.2) is 29.2 Å². The molecule has 136 valence electrons. The van der Waals surface area contributed by atoms with Gasteiger partial charge in [0.2, 0.25) is 0 Å². The number of ether oxygens (including phenoxy) is 1. The molecule has 0 radical (unpaired) electrons. The van der Waals surface area contributed by atoms with Crippen molar-refractivity contribution in [1.29, 1.82) is 0 Å². The number of H-pyrrole nitrogens is 1. The summed E-state index contributed by atoms with van der Waals surface area (Å²) in [5, 5.41) is 20.3. The number of hydrogen-bond donors (Lipinski definition) is 4. The molecule has 1 aromatic heterocycles. The van der Waals surface area contributed by atoms with Crippen LogP contribution in [-0.2, 0) is 0 Å². The predicted octanol–water partition coefficient (Wildman–Crippen LogP) is 1.94. The summed E-state index contributed by atoms with van der Waals surface area (Å²) >= 11 is 6.27. The highest BCUT2D eigenvalue weighted by Crippen LogP contribution is 2.35. The molecule has 0 spiro atoms. The van der Waals surface area contributed by atoms with Crippen molar-refractivity contribution in [3.8, 4) is 5.75 Å². The number of halogens is 1. The van der Waals surface area contributed by atoms with E-state index < -0.39 is 11.6 Å². The SMILES string of the molecule is NC1(CC(O)CO)CCC(Oc2cc3cc[nH]c(=O)c3cc2Cl)CC1. The zero-order chi connectivity index (χ0) is 18.0. The molecule has 1 aliphatic rings. The van der Waals surface area contributed by atoms with Crippen LogP contribution >= 0.6 is 11.6 Å². The highest BCUT2D eigenvalue weighted by molar-refractivity contribution is 6.32. The van der Waals surface area contributed by atoms with Gasteiger partial charge in [-0.3, -0.25) is 4.79 Å². The lowest BCUT2D eigenvalue weighted by Crippen LogP contribution is -2.48. The second kappa shape index (κ2) is 7.33. The Labute approximate surface area is 150 Å². The summed E-state index contributed by atoms with van der Waals surface area (Å²) in [6.07, 6.45) is 4.10. The van der Waals surface area contributed by atoms with Crippen LogP contribution in [0.2, 0.25) is 5.02 Å². The summed E-state index contributed by atoms with van der Waals surface area (Å²) in [5.74, 6) is 0.560. The fourth-order valence-corrected chi connectivity index (χ4v) is 3.69. The van der Waals surface area contributed by atoms with E-state index >= 15 is 0 Å². The first-order chi connectivity index (χ1) is 11.9. The summed E-state index contributed by atoms with van der Waals surface area (Å²) in [4.78, 5) is 14.4. The van der Waals surface area contributed by atoms with Crippen LogP contribution in [0.5, 0.6) is 5.75 Å². The summed E-state index contributed by atoms with van der Waals surface area (Å²) in [6, 6.07) is 5.22. The molecule has 1 aliphatic carbocycles. The van der Waals surface area contributed by atoms with Gasteiger partial charge in [0.1, 0.15) is 5.75 Å². The third kappa shape index (κ3) is 4.15. The fraction of sp³-hybridized carbons (Fsp3) is 0.500. The van der Waals surface area contributed by atoms with Crippen LogP contribution in [0.1, 0.15) is 32.1 Å². The van der Waals surface area contributed by atoms with E-state index in [1.54, 1.807) is 18.3 Å². The van der Waals surface area contributed by atoms with Gasteiger partial charge in [0, 0.05) is 17.1 Å². The molecule has 1 fully saturated rings. The Kier molecular flexibility index (Phi) is 5.34. The van der Waals surface area contributed by atoms with E-state index in [2.05, 4.69) is 4.98 Å². The molecule has 5 N–H and O–H groups in total. The van der Waals surface area contributed by atoms with Crippen molar-refractivity contribution in [2.75, 3.05) is 6.61 Å². The zero-order valence-corrected chi connectivity index (χ0v) is 14.6. The minimum absolute atomic E-state index is 0.0140. The molecule has 1 unspecified atom stereocenters. The Hall–Kier alpha value is -1.60. The van der Waals surface area contributed by atoms with Crippen LogP contribution < -0.4 is 16.0 Å². The Morgan fingerprint density at radius 3 is 2.80 bits per heavy atom. The second-order valence-corrected chi connectivity index (χ2v) is 7.30. The number of pyridine rings is 1. The van der Waals surface area contributed by atoms with Gasteiger partial charge >= 0.3 is 0 Å². The first-order valence-corrected chi connectivity index (χ1v) is 8.83. The number of rotatable bonds is 5. The van der Waals surface area contributed by atoms with Crippen molar-refractivity contribution in [3.63, 3.8) is 0 Å². The minimum atomic E-state index is -0.782. The van der Waals surface area contributed by atoms with E-state index in [4.69, 9.17) is 27.2 Å². The van der Waals surface area contributed by atoms with Gasteiger partial charge in [-0.05, 0) is 55.7 Å². The van der Waals surface area contributed by atoms with E-state index in [-0.39, 0.29) is 18.3 Å². The molecule has 1 aromatic carbocycles. The van der Waals surface area contributed by atoms with Crippen LogP contribution in [0.4, 0.5) is 0 Å². The number of hydrogen-bond acceptors (Lipinski definition) is 5. The number of aromatic nitrogens is 1. The topological polar surface area (TPSA) is 109 Å². The number of aromatic amines is 1. The van der Waals surface area contributed by atoms with Crippen LogP contribution in [0.25, 0.3) is 10.8 Å². The number of nitrogens with one attached hydrogen (secondary N) is 1. The molecule has 1 heterocycles. The second-order valence-electron chi connectivity index (χ2n) is 6.90. The average molecular weight is 367 g/mol. The average Bonchev–Trinajstić information content (AvgIpc) is 2.58. The van der Waals surface area contributed by atoms with Gasteiger partial charge in [-0.25, -0.2) is 0 Å². The number of nitrogens with two attached hydrogens (primary N) is 1. The molecule has 2 aromatic rings. The standard InChI is InChI=1S/C18H23ClN2O4/c19-15-8-14-11(3-6-21-17(14)24)7-16(15)25-13-1-4-18(20,5-2-13)9-12(23)10-22/h3,6-8,12-13,22-23H,1-2,4-5,9-10,20H2,(H,21,24). The summed E-state index contributed by atoms with van der Waals surface area (Å²) in [5.41, 5.74) is 5.67. The van der Waals surface area contributed by atoms with Gasteiger partial charge in [-0.2, -0.15) is 0 Å². The molecule has 6 nitrogen and oxygen atoms in total. The van der Waals surface area contributed by atoms with E-state index in [0.717, 1.165) is 18.2 Å². The predicted molar refractivity (Wildman–Crippen MR) is 97.1 cm³/mol. The monoisotopic (exact) mass is 366 g/mol. The molecule has 0 amide bonds. The summed E-state index contributed by atoms with van der Waals surface area (Å²) in [7, 11) is 0. The van der Waals surface area contributed by atoms with Crippen molar-refractivity contribution in [2.24, 2.45) is 5.73 Å². The zero-order valence-electron chi connectivity index (χ0n) is 13.9. The van der Waals surface area contributed by atoms with Gasteiger partial charge < -0.3 is 25.7 Å². The van der Waals surface area contributed by atoms with Gasteiger partial charge in [-0.1, -0.05) is 11.6 Å². The molecule has 25 heavy (non-hydrogen) atoms. The lowest BCUT2D eigenvalue weighted by atomic mass is 9.77. The molecule has 0 saturated heterocycles. The van der Waals surface area contributed by atoms with Gasteiger partial charge in [0.25, 0.3) is 5.56 Å². The quantitative estimate of drug-likeness (QED) is 0.646. The van der Waals surface area contributed by atoms with Crippen molar-refractivity contribution in [1.82, 2.24) is 4.98 Å². The van der Waals surface area contributed by atoms with E-state index in [1.165, 1.54) is 0 Å². The normalized spacial score (nSPS) is 25.0. The third-order valence-corrected chi connectivity index (χ3v) is 5.20. The number of fused-ring (bicyclic) bond motifs is 1. The Morgan fingerprint density at radius 1 is 1.40 bits per heavy atom. The lowest BCUT2D eigenvalue weighted by Gasteiger charge is -2.38. The molecular weight excluding hydrogens is 344 g/mol. The Bertz CT molecular complexity index is 799. The highest BCUT2D eigenvalue weighted by atomic mass is 35.5. The van der Waals surface area contributed by atoms with Gasteiger partial charge in [0.05, 0.1) is 23.8 Å².